The summed E-state index contributed by atoms with van der Waals surface area (Å²) >= 11 is 0. The third-order valence-corrected chi connectivity index (χ3v) is 2.00. The molecule has 0 spiro atoms. The van der Waals surface area contributed by atoms with E-state index >= 15 is 0 Å². The van der Waals surface area contributed by atoms with E-state index in [0.29, 0.717) is 5.92 Å². The van der Waals surface area contributed by atoms with Crippen molar-refractivity contribution in [2.75, 3.05) is 6.54 Å². The summed E-state index contributed by atoms with van der Waals surface area (Å²) in [4.78, 5) is 19.6. The van der Waals surface area contributed by atoms with Crippen LogP contribution >= 0.6 is 0 Å². The van der Waals surface area contributed by atoms with Crippen molar-refractivity contribution in [3.8, 4) is 0 Å². The van der Waals surface area contributed by atoms with Crippen LogP contribution in [0.2, 0.25) is 0 Å². The van der Waals surface area contributed by atoms with Crippen LogP contribution in [0.3, 0.4) is 0 Å². The number of nitrogens with two attached hydrogens (primary N) is 1. The largest absolute Gasteiger partial charge is 0.481 e. The number of hydrogen-bond acceptors (Lipinski definition) is 3. The molecule has 14 heavy (non-hydrogen) atoms. The Balaban J connectivity index is 0.000000364. The van der Waals surface area contributed by atoms with Gasteiger partial charge in [0.25, 0.3) is 5.97 Å². The van der Waals surface area contributed by atoms with Crippen LogP contribution in [-0.4, -0.2) is 29.6 Å². The summed E-state index contributed by atoms with van der Waals surface area (Å²) in [5, 5.41) is 10.5. The van der Waals surface area contributed by atoms with Crippen molar-refractivity contribution < 1.29 is 14.7 Å². The smallest absolute Gasteiger partial charge is 0.300 e. The quantitative estimate of drug-likeness (QED) is 0.556. The van der Waals surface area contributed by atoms with Gasteiger partial charge in [0, 0.05) is 6.92 Å². The first kappa shape index (κ1) is 12.9. The monoisotopic (exact) mass is 202 g/mol. The lowest BCUT2D eigenvalue weighted by atomic mass is 9.96. The van der Waals surface area contributed by atoms with Crippen molar-refractivity contribution >= 4 is 11.9 Å². The van der Waals surface area contributed by atoms with Crippen molar-refractivity contribution in [3.05, 3.63) is 0 Å². The van der Waals surface area contributed by atoms with E-state index < -0.39 is 5.97 Å². The molecule has 0 bridgehead atoms. The summed E-state index contributed by atoms with van der Waals surface area (Å²) in [5.41, 5.74) is 5.11. The number of carboxylic acids is 1. The van der Waals surface area contributed by atoms with Crippen molar-refractivity contribution in [2.45, 2.75) is 32.7 Å². The molecule has 0 aliphatic carbocycles. The Morgan fingerprint density at radius 2 is 1.93 bits per heavy atom. The van der Waals surface area contributed by atoms with Gasteiger partial charge >= 0.3 is 0 Å². The second-order valence-electron chi connectivity index (χ2n) is 3.56. The normalized spacial score (nSPS) is 25.9. The molecule has 1 heterocycles. The Morgan fingerprint density at radius 1 is 1.43 bits per heavy atom. The minimum absolute atomic E-state index is 0.0730. The van der Waals surface area contributed by atoms with Gasteiger partial charge in [0.2, 0.25) is 5.91 Å². The number of nitrogens with one attached hydrogen (secondary N) is 1. The van der Waals surface area contributed by atoms with Crippen LogP contribution in [0.1, 0.15) is 26.7 Å². The summed E-state index contributed by atoms with van der Waals surface area (Å²) in [6.07, 6.45) is 2.01. The lowest BCUT2D eigenvalue weighted by Crippen LogP contribution is -2.46. The molecule has 0 saturated carbocycles. The molecule has 0 radical (unpaired) electrons. The molecule has 2 unspecified atom stereocenters. The summed E-state index contributed by atoms with van der Waals surface area (Å²) < 4.78 is 0. The molecule has 1 amide bonds. The Hall–Kier alpha value is -1.10. The Labute approximate surface area is 83.7 Å². The van der Waals surface area contributed by atoms with E-state index in [-0.39, 0.29) is 11.9 Å². The van der Waals surface area contributed by atoms with E-state index in [0.717, 1.165) is 26.3 Å². The molecular weight excluding hydrogens is 184 g/mol. The van der Waals surface area contributed by atoms with Crippen molar-refractivity contribution in [2.24, 2.45) is 11.7 Å². The molecule has 5 heteroatoms. The maximum atomic E-state index is 10.6. The van der Waals surface area contributed by atoms with E-state index in [9.17, 15) is 4.79 Å². The standard InChI is InChI=1S/C7H14N2O.C2H4O2/c1-5-2-3-6(7(8)10)9-4-5;1-2(3)4/h5-6,9H,2-4H2,1H3,(H2,8,10);1H3,(H,3,4). The summed E-state index contributed by atoms with van der Waals surface area (Å²) in [7, 11) is 0. The van der Waals surface area contributed by atoms with Crippen LogP contribution in [0.25, 0.3) is 0 Å². The van der Waals surface area contributed by atoms with Gasteiger partial charge in [0.1, 0.15) is 0 Å². The van der Waals surface area contributed by atoms with Gasteiger partial charge in [-0.3, -0.25) is 9.59 Å². The first-order chi connectivity index (χ1) is 6.43. The molecule has 0 aromatic carbocycles. The molecule has 5 nitrogen and oxygen atoms in total. The number of hydrogen-bond donors (Lipinski definition) is 3. The number of rotatable bonds is 1. The Kier molecular flexibility index (Phi) is 5.87. The van der Waals surface area contributed by atoms with Crippen LogP contribution in [0.15, 0.2) is 0 Å². The van der Waals surface area contributed by atoms with Gasteiger partial charge in [-0.05, 0) is 25.3 Å². The molecule has 1 saturated heterocycles. The molecule has 0 aromatic rings. The SMILES string of the molecule is CC(=O)O.CC1CCC(C(N)=O)NC1. The number of carboxylic acid groups (broad SMARTS) is 1. The molecule has 1 fully saturated rings. The minimum Gasteiger partial charge on any atom is -0.481 e. The Bertz CT molecular complexity index is 194. The zero-order valence-corrected chi connectivity index (χ0v) is 8.62. The van der Waals surface area contributed by atoms with E-state index in [2.05, 4.69) is 12.2 Å². The highest BCUT2D eigenvalue weighted by atomic mass is 16.4. The second-order valence-corrected chi connectivity index (χ2v) is 3.56. The average Bonchev–Trinajstić information content (AvgIpc) is 2.03. The predicted molar refractivity (Wildman–Crippen MR) is 52.7 cm³/mol. The van der Waals surface area contributed by atoms with Crippen LogP contribution < -0.4 is 11.1 Å². The van der Waals surface area contributed by atoms with Gasteiger partial charge in [-0.2, -0.15) is 0 Å². The zero-order valence-electron chi connectivity index (χ0n) is 8.62. The van der Waals surface area contributed by atoms with Crippen LogP contribution in [-0.2, 0) is 9.59 Å². The van der Waals surface area contributed by atoms with Gasteiger partial charge < -0.3 is 16.2 Å². The lowest BCUT2D eigenvalue weighted by Gasteiger charge is -2.25. The van der Waals surface area contributed by atoms with Crippen molar-refractivity contribution in [1.82, 2.24) is 5.32 Å². The number of aliphatic carboxylic acids is 1. The Morgan fingerprint density at radius 3 is 2.21 bits per heavy atom. The first-order valence-electron chi connectivity index (χ1n) is 4.65. The van der Waals surface area contributed by atoms with Gasteiger partial charge in [0.05, 0.1) is 6.04 Å². The van der Waals surface area contributed by atoms with E-state index in [1.807, 2.05) is 0 Å². The van der Waals surface area contributed by atoms with Gasteiger partial charge in [0.15, 0.2) is 0 Å². The molecule has 1 rings (SSSR count). The minimum atomic E-state index is -0.833. The van der Waals surface area contributed by atoms with Gasteiger partial charge in [-0.1, -0.05) is 6.92 Å². The fraction of sp³-hybridized carbons (Fsp3) is 0.778. The third kappa shape index (κ3) is 6.42. The van der Waals surface area contributed by atoms with Crippen LogP contribution in [0, 0.1) is 5.92 Å². The summed E-state index contributed by atoms with van der Waals surface area (Å²) in [6.45, 7) is 4.18. The highest BCUT2D eigenvalue weighted by Gasteiger charge is 2.20. The summed E-state index contributed by atoms with van der Waals surface area (Å²) in [5.74, 6) is -0.359. The number of piperidine rings is 1. The van der Waals surface area contributed by atoms with Crippen LogP contribution in [0.5, 0.6) is 0 Å². The number of carbonyl (C=O) groups excluding carboxylic acids is 1. The third-order valence-electron chi connectivity index (χ3n) is 2.00. The number of carbonyl (C=O) groups is 2. The molecule has 4 N–H and O–H groups in total. The van der Waals surface area contributed by atoms with Crippen molar-refractivity contribution in [3.63, 3.8) is 0 Å². The highest BCUT2D eigenvalue weighted by Crippen LogP contribution is 2.12. The van der Waals surface area contributed by atoms with Crippen LogP contribution in [0.4, 0.5) is 0 Å². The molecule has 82 valence electrons. The maximum Gasteiger partial charge on any atom is 0.300 e. The molecule has 0 aromatic heterocycles. The molecular formula is C9H18N2O3. The van der Waals surface area contributed by atoms with Gasteiger partial charge in [-0.25, -0.2) is 0 Å². The predicted octanol–water partition coefficient (Wildman–Crippen LogP) is -0.0493. The number of primary amides is 1. The maximum absolute atomic E-state index is 10.6. The van der Waals surface area contributed by atoms with Gasteiger partial charge in [-0.15, -0.1) is 0 Å². The fourth-order valence-corrected chi connectivity index (χ4v) is 1.24. The second kappa shape index (κ2) is 6.37. The van der Waals surface area contributed by atoms with E-state index in [1.54, 1.807) is 0 Å². The summed E-state index contributed by atoms with van der Waals surface area (Å²) in [6, 6.07) is -0.0730. The fourth-order valence-electron chi connectivity index (χ4n) is 1.24. The highest BCUT2D eigenvalue weighted by molar-refractivity contribution is 5.79. The molecule has 1 aliphatic rings. The molecule has 2 atom stereocenters. The average molecular weight is 202 g/mol. The van der Waals surface area contributed by atoms with Crippen molar-refractivity contribution in [1.29, 1.82) is 0 Å². The number of amides is 1. The van der Waals surface area contributed by atoms with E-state index in [1.165, 1.54) is 0 Å². The first-order valence-corrected chi connectivity index (χ1v) is 4.65. The molecule has 1 aliphatic heterocycles. The zero-order chi connectivity index (χ0) is 11.1. The van der Waals surface area contributed by atoms with E-state index in [4.69, 9.17) is 15.6 Å². The lowest BCUT2D eigenvalue weighted by molar-refractivity contribution is -0.134. The topological polar surface area (TPSA) is 92.4 Å².